The van der Waals surface area contributed by atoms with Gasteiger partial charge in [-0.25, -0.2) is 13.1 Å². The predicted octanol–water partition coefficient (Wildman–Crippen LogP) is 0.917. The van der Waals surface area contributed by atoms with Gasteiger partial charge in [0.1, 0.15) is 0 Å². The van der Waals surface area contributed by atoms with Gasteiger partial charge in [-0.1, -0.05) is 18.5 Å². The van der Waals surface area contributed by atoms with Gasteiger partial charge in [-0.3, -0.25) is 14.9 Å². The Morgan fingerprint density at radius 2 is 2.10 bits per heavy atom. The first-order valence-electron chi connectivity index (χ1n) is 5.96. The number of nitro groups is 1. The number of non-ortho nitro benzene ring substituents is 1. The molecule has 0 unspecified atom stereocenters. The van der Waals surface area contributed by atoms with E-state index in [4.69, 9.17) is 11.6 Å². The topological polar surface area (TPSA) is 118 Å². The van der Waals surface area contributed by atoms with Crippen LogP contribution in [0.2, 0.25) is 5.02 Å². The van der Waals surface area contributed by atoms with E-state index in [9.17, 15) is 23.3 Å². The number of carbonyl (C=O) groups excluding carboxylic acids is 1. The SMILES string of the molecule is CCNS(=O)(=O)CCNC(=O)c1cc([N+](=O)[O-])ccc1Cl. The first-order valence-corrected chi connectivity index (χ1v) is 7.99. The van der Waals surface area contributed by atoms with E-state index in [1.807, 2.05) is 0 Å². The Balaban J connectivity index is 2.72. The molecule has 10 heteroatoms. The third-order valence-corrected chi connectivity index (χ3v) is 4.23. The molecule has 0 aliphatic carbocycles. The number of benzene rings is 1. The fourth-order valence-electron chi connectivity index (χ4n) is 1.49. The van der Waals surface area contributed by atoms with Crippen LogP contribution in [0.25, 0.3) is 0 Å². The minimum Gasteiger partial charge on any atom is -0.351 e. The van der Waals surface area contributed by atoms with Crippen LogP contribution in [0, 0.1) is 10.1 Å². The van der Waals surface area contributed by atoms with E-state index in [1.54, 1.807) is 6.92 Å². The Bertz CT molecular complexity index is 647. The molecule has 0 radical (unpaired) electrons. The fraction of sp³-hybridized carbons (Fsp3) is 0.364. The molecule has 1 amide bonds. The van der Waals surface area contributed by atoms with Crippen molar-refractivity contribution < 1.29 is 18.1 Å². The molecule has 1 aromatic rings. The van der Waals surface area contributed by atoms with Crippen LogP contribution in [0.4, 0.5) is 5.69 Å². The van der Waals surface area contributed by atoms with Crippen molar-refractivity contribution in [1.82, 2.24) is 10.0 Å². The van der Waals surface area contributed by atoms with Gasteiger partial charge in [-0.15, -0.1) is 0 Å². The van der Waals surface area contributed by atoms with Gasteiger partial charge in [0.2, 0.25) is 10.0 Å². The summed E-state index contributed by atoms with van der Waals surface area (Å²) in [6, 6.07) is 3.45. The van der Waals surface area contributed by atoms with Crippen molar-refractivity contribution in [2.75, 3.05) is 18.8 Å². The highest BCUT2D eigenvalue weighted by Gasteiger charge is 2.16. The van der Waals surface area contributed by atoms with Crippen LogP contribution >= 0.6 is 11.6 Å². The summed E-state index contributed by atoms with van der Waals surface area (Å²) in [6.07, 6.45) is 0. The lowest BCUT2D eigenvalue weighted by molar-refractivity contribution is -0.384. The van der Waals surface area contributed by atoms with E-state index >= 15 is 0 Å². The number of rotatable bonds is 7. The zero-order valence-electron chi connectivity index (χ0n) is 11.1. The Kier molecular flexibility index (Phi) is 6.06. The second kappa shape index (κ2) is 7.34. The van der Waals surface area contributed by atoms with Gasteiger partial charge in [-0.05, 0) is 6.07 Å². The molecule has 0 saturated carbocycles. The summed E-state index contributed by atoms with van der Waals surface area (Å²) in [5.74, 6) is -0.963. The largest absolute Gasteiger partial charge is 0.351 e. The molecule has 8 nitrogen and oxygen atoms in total. The summed E-state index contributed by atoms with van der Waals surface area (Å²) < 4.78 is 25.0. The number of nitro benzene ring substituents is 1. The van der Waals surface area contributed by atoms with Crippen LogP contribution in [0.3, 0.4) is 0 Å². The normalized spacial score (nSPS) is 11.1. The van der Waals surface area contributed by atoms with E-state index in [1.165, 1.54) is 12.1 Å². The van der Waals surface area contributed by atoms with Crippen molar-refractivity contribution in [1.29, 1.82) is 0 Å². The Labute approximate surface area is 126 Å². The number of halogens is 1. The van der Waals surface area contributed by atoms with Gasteiger partial charge in [-0.2, -0.15) is 0 Å². The number of hydrogen-bond donors (Lipinski definition) is 2. The molecule has 116 valence electrons. The lowest BCUT2D eigenvalue weighted by Gasteiger charge is -2.07. The Morgan fingerprint density at radius 3 is 2.67 bits per heavy atom. The van der Waals surface area contributed by atoms with Crippen LogP contribution in [-0.2, 0) is 10.0 Å². The number of carbonyl (C=O) groups is 1. The lowest BCUT2D eigenvalue weighted by Crippen LogP contribution is -2.34. The third-order valence-electron chi connectivity index (χ3n) is 2.43. The second-order valence-electron chi connectivity index (χ2n) is 3.99. The summed E-state index contributed by atoms with van der Waals surface area (Å²) in [6.45, 7) is 1.76. The number of sulfonamides is 1. The van der Waals surface area contributed by atoms with Crippen molar-refractivity contribution in [3.8, 4) is 0 Å². The molecule has 0 saturated heterocycles. The minimum absolute atomic E-state index is 0.0487. The number of amides is 1. The average molecular weight is 336 g/mol. The van der Waals surface area contributed by atoms with E-state index in [0.717, 1.165) is 6.07 Å². The summed E-state index contributed by atoms with van der Waals surface area (Å²) in [5.41, 5.74) is -0.350. The molecule has 0 bridgehead atoms. The van der Waals surface area contributed by atoms with Gasteiger partial charge >= 0.3 is 0 Å². The van der Waals surface area contributed by atoms with Gasteiger partial charge in [0.15, 0.2) is 0 Å². The fourth-order valence-corrected chi connectivity index (χ4v) is 2.65. The molecule has 0 aromatic heterocycles. The molecule has 0 heterocycles. The quantitative estimate of drug-likeness (QED) is 0.567. The molecule has 2 N–H and O–H groups in total. The van der Waals surface area contributed by atoms with Crippen LogP contribution in [0.5, 0.6) is 0 Å². The van der Waals surface area contributed by atoms with Crippen LogP contribution in [0.1, 0.15) is 17.3 Å². The smallest absolute Gasteiger partial charge is 0.270 e. The molecule has 0 aliphatic rings. The molecule has 21 heavy (non-hydrogen) atoms. The zero-order chi connectivity index (χ0) is 16.0. The summed E-state index contributed by atoms with van der Waals surface area (Å²) >= 11 is 5.80. The molecule has 1 rings (SSSR count). The number of hydrogen-bond acceptors (Lipinski definition) is 5. The van der Waals surface area contributed by atoms with Crippen molar-refractivity contribution in [2.24, 2.45) is 0 Å². The maximum absolute atomic E-state index is 11.9. The van der Waals surface area contributed by atoms with Gasteiger partial charge in [0, 0.05) is 25.2 Å². The summed E-state index contributed by atoms with van der Waals surface area (Å²) in [5, 5.41) is 13.1. The lowest BCUT2D eigenvalue weighted by atomic mass is 10.2. The number of nitrogens with one attached hydrogen (secondary N) is 2. The summed E-state index contributed by atoms with van der Waals surface area (Å²) in [7, 11) is -3.45. The third kappa shape index (κ3) is 5.29. The maximum Gasteiger partial charge on any atom is 0.270 e. The molecule has 0 atom stereocenters. The number of nitrogens with zero attached hydrogens (tertiary/aromatic N) is 1. The monoisotopic (exact) mass is 335 g/mol. The van der Waals surface area contributed by atoms with Crippen molar-refractivity contribution in [3.63, 3.8) is 0 Å². The molecule has 0 fully saturated rings. The second-order valence-corrected chi connectivity index (χ2v) is 6.33. The Hall–Kier alpha value is -1.71. The zero-order valence-corrected chi connectivity index (χ0v) is 12.7. The van der Waals surface area contributed by atoms with Crippen molar-refractivity contribution in [3.05, 3.63) is 38.9 Å². The molecular weight excluding hydrogens is 322 g/mol. The van der Waals surface area contributed by atoms with Gasteiger partial charge in [0.05, 0.1) is 21.3 Å². The molecule has 0 spiro atoms. The first-order chi connectivity index (χ1) is 9.76. The Morgan fingerprint density at radius 1 is 1.43 bits per heavy atom. The predicted molar refractivity (Wildman–Crippen MR) is 77.9 cm³/mol. The van der Waals surface area contributed by atoms with Crippen LogP contribution in [-0.4, -0.2) is 38.1 Å². The van der Waals surface area contributed by atoms with E-state index in [2.05, 4.69) is 10.0 Å². The van der Waals surface area contributed by atoms with E-state index < -0.39 is 20.9 Å². The standard InChI is InChI=1S/C11H14ClN3O5S/c1-2-14-21(19,20)6-5-13-11(16)9-7-8(15(17)18)3-4-10(9)12/h3-4,7,14H,2,5-6H2,1H3,(H,13,16). The van der Waals surface area contributed by atoms with Crippen molar-refractivity contribution in [2.45, 2.75) is 6.92 Å². The van der Waals surface area contributed by atoms with E-state index in [0.29, 0.717) is 0 Å². The van der Waals surface area contributed by atoms with E-state index in [-0.39, 0.29) is 35.1 Å². The molecular formula is C11H14ClN3O5S. The maximum atomic E-state index is 11.9. The molecule has 0 aliphatic heterocycles. The van der Waals surface area contributed by atoms with Crippen LogP contribution in [0.15, 0.2) is 18.2 Å². The van der Waals surface area contributed by atoms with Crippen molar-refractivity contribution >= 4 is 33.2 Å². The minimum atomic E-state index is -3.45. The van der Waals surface area contributed by atoms with Crippen LogP contribution < -0.4 is 10.0 Å². The molecule has 1 aromatic carbocycles. The average Bonchev–Trinajstić information content (AvgIpc) is 2.38. The van der Waals surface area contributed by atoms with Gasteiger partial charge < -0.3 is 5.32 Å². The van der Waals surface area contributed by atoms with Gasteiger partial charge in [0.25, 0.3) is 11.6 Å². The highest BCUT2D eigenvalue weighted by molar-refractivity contribution is 7.89. The highest BCUT2D eigenvalue weighted by Crippen LogP contribution is 2.21. The summed E-state index contributed by atoms with van der Waals surface area (Å²) in [4.78, 5) is 21.8. The first kappa shape index (κ1) is 17.3. The highest BCUT2D eigenvalue weighted by atomic mass is 35.5.